The zero-order valence-electron chi connectivity index (χ0n) is 18.6. The van der Waals surface area contributed by atoms with E-state index in [1.807, 2.05) is 19.0 Å². The standard InChI is InChI=1S/C24H27FN2O5/c1-26(2)12-5-13-27-21(15-6-8-16(25)9-7-15)20(23(29)24(27)30)22(28)18-11-10-17(31-3)14-19(18)32-4/h6-11,14,21,28H,5,12-13H2,1-4H3/b22-20+/t21-/m1/s1. The van der Waals surface area contributed by atoms with Crippen LogP contribution in [0.3, 0.4) is 0 Å². The maximum atomic E-state index is 13.6. The molecule has 1 N–H and O–H groups in total. The van der Waals surface area contributed by atoms with E-state index >= 15 is 0 Å². The van der Waals surface area contributed by atoms with Gasteiger partial charge >= 0.3 is 0 Å². The third-order valence-electron chi connectivity index (χ3n) is 5.39. The van der Waals surface area contributed by atoms with Crippen LogP contribution < -0.4 is 9.47 Å². The zero-order valence-corrected chi connectivity index (χ0v) is 18.6. The number of aliphatic hydroxyl groups is 1. The molecule has 0 aromatic heterocycles. The minimum absolute atomic E-state index is 0.0603. The summed E-state index contributed by atoms with van der Waals surface area (Å²) in [6, 6.07) is 9.49. The number of likely N-dealkylation sites (tertiary alicyclic amines) is 1. The van der Waals surface area contributed by atoms with Crippen molar-refractivity contribution in [3.63, 3.8) is 0 Å². The van der Waals surface area contributed by atoms with Crippen LogP contribution in [0.15, 0.2) is 48.0 Å². The molecule has 3 rings (SSSR count). The first-order valence-corrected chi connectivity index (χ1v) is 10.2. The van der Waals surface area contributed by atoms with Gasteiger partial charge in [-0.2, -0.15) is 0 Å². The molecule has 1 saturated heterocycles. The maximum Gasteiger partial charge on any atom is 0.295 e. The molecule has 0 radical (unpaired) electrons. The molecule has 1 aliphatic rings. The highest BCUT2D eigenvalue weighted by Crippen LogP contribution is 2.41. The van der Waals surface area contributed by atoms with Crippen molar-refractivity contribution in [3.05, 3.63) is 65.0 Å². The van der Waals surface area contributed by atoms with Crippen molar-refractivity contribution in [1.29, 1.82) is 0 Å². The average molecular weight is 442 g/mol. The van der Waals surface area contributed by atoms with Gasteiger partial charge in [0.15, 0.2) is 0 Å². The molecular formula is C24H27FN2O5. The molecule has 0 bridgehead atoms. The van der Waals surface area contributed by atoms with Crippen LogP contribution in [-0.4, -0.2) is 68.0 Å². The quantitative estimate of drug-likeness (QED) is 0.384. The molecule has 0 aliphatic carbocycles. The Balaban J connectivity index is 2.13. The second-order valence-electron chi connectivity index (χ2n) is 7.77. The van der Waals surface area contributed by atoms with Gasteiger partial charge in [0.1, 0.15) is 23.1 Å². The predicted molar refractivity (Wildman–Crippen MR) is 118 cm³/mol. The summed E-state index contributed by atoms with van der Waals surface area (Å²) in [5, 5.41) is 11.2. The summed E-state index contributed by atoms with van der Waals surface area (Å²) in [4.78, 5) is 29.4. The van der Waals surface area contributed by atoms with Crippen LogP contribution >= 0.6 is 0 Å². The lowest BCUT2D eigenvalue weighted by molar-refractivity contribution is -0.139. The molecule has 170 valence electrons. The lowest BCUT2D eigenvalue weighted by Crippen LogP contribution is -2.32. The fourth-order valence-electron chi connectivity index (χ4n) is 3.80. The van der Waals surface area contributed by atoms with Crippen LogP contribution in [0.2, 0.25) is 0 Å². The van der Waals surface area contributed by atoms with Crippen molar-refractivity contribution in [2.24, 2.45) is 0 Å². The summed E-state index contributed by atoms with van der Waals surface area (Å²) < 4.78 is 24.1. The minimum Gasteiger partial charge on any atom is -0.507 e. The van der Waals surface area contributed by atoms with E-state index in [-0.39, 0.29) is 16.9 Å². The first kappa shape index (κ1) is 23.3. The Morgan fingerprint density at radius 2 is 1.78 bits per heavy atom. The van der Waals surface area contributed by atoms with Gasteiger partial charge in [-0.25, -0.2) is 4.39 Å². The van der Waals surface area contributed by atoms with Gasteiger partial charge in [-0.3, -0.25) is 9.59 Å². The number of nitrogens with zero attached hydrogens (tertiary/aromatic N) is 2. The van der Waals surface area contributed by atoms with Gasteiger partial charge in [0, 0.05) is 12.6 Å². The van der Waals surface area contributed by atoms with Crippen molar-refractivity contribution >= 4 is 17.4 Å². The predicted octanol–water partition coefficient (Wildman–Crippen LogP) is 3.22. The van der Waals surface area contributed by atoms with E-state index in [9.17, 15) is 19.1 Å². The van der Waals surface area contributed by atoms with Crippen molar-refractivity contribution in [2.75, 3.05) is 41.4 Å². The molecule has 1 amide bonds. The molecule has 1 fully saturated rings. The lowest BCUT2D eigenvalue weighted by Gasteiger charge is -2.26. The molecule has 2 aromatic carbocycles. The van der Waals surface area contributed by atoms with Crippen molar-refractivity contribution in [3.8, 4) is 11.5 Å². The van der Waals surface area contributed by atoms with Crippen molar-refractivity contribution < 1.29 is 28.6 Å². The number of Topliss-reactive ketones (excluding diaryl/α,β-unsaturated/α-hetero) is 1. The van der Waals surface area contributed by atoms with Gasteiger partial charge in [0.2, 0.25) is 0 Å². The van der Waals surface area contributed by atoms with Gasteiger partial charge < -0.3 is 24.4 Å². The zero-order chi connectivity index (χ0) is 23.4. The van der Waals surface area contributed by atoms with Gasteiger partial charge in [-0.05, 0) is 56.9 Å². The topological polar surface area (TPSA) is 79.3 Å². The van der Waals surface area contributed by atoms with Crippen LogP contribution in [-0.2, 0) is 9.59 Å². The van der Waals surface area contributed by atoms with Crippen molar-refractivity contribution in [2.45, 2.75) is 12.5 Å². The van der Waals surface area contributed by atoms with Crippen LogP contribution in [0.4, 0.5) is 4.39 Å². The summed E-state index contributed by atoms with van der Waals surface area (Å²) in [6.45, 7) is 1.02. The third kappa shape index (κ3) is 4.60. The van der Waals surface area contributed by atoms with Crippen LogP contribution in [0, 0.1) is 5.82 Å². The number of methoxy groups -OCH3 is 2. The summed E-state index contributed by atoms with van der Waals surface area (Å²) in [5.74, 6) is -1.48. The molecule has 0 spiro atoms. The number of aliphatic hydroxyl groups excluding tert-OH is 1. The first-order chi connectivity index (χ1) is 15.3. The average Bonchev–Trinajstić information content (AvgIpc) is 3.03. The number of rotatable bonds is 8. The fourth-order valence-corrected chi connectivity index (χ4v) is 3.80. The Morgan fingerprint density at radius 3 is 2.38 bits per heavy atom. The smallest absolute Gasteiger partial charge is 0.295 e. The number of hydrogen-bond acceptors (Lipinski definition) is 6. The Kier molecular flexibility index (Phi) is 7.15. The largest absolute Gasteiger partial charge is 0.507 e. The maximum absolute atomic E-state index is 13.6. The van der Waals surface area contributed by atoms with E-state index in [2.05, 4.69) is 0 Å². The van der Waals surface area contributed by atoms with E-state index in [4.69, 9.17) is 9.47 Å². The van der Waals surface area contributed by atoms with E-state index < -0.39 is 23.5 Å². The van der Waals surface area contributed by atoms with E-state index in [1.54, 1.807) is 18.2 Å². The molecular weight excluding hydrogens is 415 g/mol. The number of hydrogen-bond donors (Lipinski definition) is 1. The number of amides is 1. The number of benzene rings is 2. The van der Waals surface area contributed by atoms with Gasteiger partial charge in [0.25, 0.3) is 11.7 Å². The lowest BCUT2D eigenvalue weighted by atomic mass is 9.95. The second-order valence-corrected chi connectivity index (χ2v) is 7.77. The molecule has 1 atom stereocenters. The number of carbonyl (C=O) groups is 2. The molecule has 7 nitrogen and oxygen atoms in total. The third-order valence-corrected chi connectivity index (χ3v) is 5.39. The van der Waals surface area contributed by atoms with Crippen molar-refractivity contribution in [1.82, 2.24) is 9.80 Å². The SMILES string of the molecule is COc1ccc(/C(O)=C2\C(=O)C(=O)N(CCCN(C)C)[C@@H]2c2ccc(F)cc2)c(OC)c1. The molecule has 1 heterocycles. The highest BCUT2D eigenvalue weighted by molar-refractivity contribution is 6.46. The van der Waals surface area contributed by atoms with Gasteiger partial charge in [-0.15, -0.1) is 0 Å². The van der Waals surface area contributed by atoms with E-state index in [1.165, 1.54) is 43.4 Å². The molecule has 32 heavy (non-hydrogen) atoms. The van der Waals surface area contributed by atoms with Gasteiger partial charge in [0.05, 0.1) is 31.4 Å². The second kappa shape index (κ2) is 9.82. The van der Waals surface area contributed by atoms with Crippen LogP contribution in [0.5, 0.6) is 11.5 Å². The number of ketones is 1. The monoisotopic (exact) mass is 442 g/mol. The molecule has 8 heteroatoms. The molecule has 1 aliphatic heterocycles. The number of ether oxygens (including phenoxy) is 2. The molecule has 0 saturated carbocycles. The molecule has 0 unspecified atom stereocenters. The first-order valence-electron chi connectivity index (χ1n) is 10.2. The number of halogens is 1. The highest BCUT2D eigenvalue weighted by atomic mass is 19.1. The van der Waals surface area contributed by atoms with E-state index in [0.717, 1.165) is 0 Å². The summed E-state index contributed by atoms with van der Waals surface area (Å²) in [7, 11) is 6.77. The highest BCUT2D eigenvalue weighted by Gasteiger charge is 2.46. The molecule has 2 aromatic rings. The minimum atomic E-state index is -0.843. The summed E-state index contributed by atoms with van der Waals surface area (Å²) in [6.07, 6.45) is 0.629. The number of carbonyl (C=O) groups excluding carboxylic acids is 2. The Morgan fingerprint density at radius 1 is 1.09 bits per heavy atom. The van der Waals surface area contributed by atoms with Crippen LogP contribution in [0.1, 0.15) is 23.6 Å². The van der Waals surface area contributed by atoms with Gasteiger partial charge in [-0.1, -0.05) is 12.1 Å². The summed E-state index contributed by atoms with van der Waals surface area (Å²) in [5.41, 5.74) is 0.728. The fraction of sp³-hybridized carbons (Fsp3) is 0.333. The normalized spacial score (nSPS) is 17.8. The van der Waals surface area contributed by atoms with E-state index in [0.29, 0.717) is 36.6 Å². The Bertz CT molecular complexity index is 1030. The summed E-state index contributed by atoms with van der Waals surface area (Å²) >= 11 is 0. The Labute approximate surface area is 186 Å². The Hall–Kier alpha value is -3.39. The van der Waals surface area contributed by atoms with Crippen LogP contribution in [0.25, 0.3) is 5.76 Å².